The minimum Gasteiger partial charge on any atom is -0.463 e. The Kier molecular flexibility index (Phi) is 2.35. The smallest absolute Gasteiger partial charge is 0.282 e. The Bertz CT molecular complexity index is 348. The molecule has 0 saturated heterocycles. The second kappa shape index (κ2) is 3.65. The van der Waals surface area contributed by atoms with E-state index in [-0.39, 0.29) is 17.9 Å². The molecule has 2 N–H and O–H groups in total. The van der Waals surface area contributed by atoms with Gasteiger partial charge in [-0.15, -0.1) is 0 Å². The van der Waals surface area contributed by atoms with E-state index in [0.717, 1.165) is 12.0 Å². The summed E-state index contributed by atoms with van der Waals surface area (Å²) in [5.41, 5.74) is 6.41. The highest BCUT2D eigenvalue weighted by molar-refractivity contribution is 5.73. The van der Waals surface area contributed by atoms with Gasteiger partial charge in [-0.3, -0.25) is 0 Å². The summed E-state index contributed by atoms with van der Waals surface area (Å²) in [6.45, 7) is 0.517. The van der Waals surface area contributed by atoms with E-state index in [2.05, 4.69) is 4.99 Å². The first-order chi connectivity index (χ1) is 6.74. The molecule has 0 fully saturated rings. The zero-order valence-corrected chi connectivity index (χ0v) is 7.61. The van der Waals surface area contributed by atoms with Crippen LogP contribution in [0.15, 0.2) is 29.3 Å². The molecule has 0 amide bonds. The molecule has 1 aliphatic heterocycles. The summed E-state index contributed by atoms with van der Waals surface area (Å²) in [5, 5.41) is 0. The minimum atomic E-state index is -0.223. The van der Waals surface area contributed by atoms with E-state index in [4.69, 9.17) is 10.5 Å². The molecule has 0 unspecified atom stereocenters. The molecule has 1 aliphatic rings. The molecule has 0 aromatic heterocycles. The van der Waals surface area contributed by atoms with E-state index >= 15 is 0 Å². The van der Waals surface area contributed by atoms with Crippen molar-refractivity contribution in [2.45, 2.75) is 12.5 Å². The lowest BCUT2D eigenvalue weighted by atomic mass is 10.1. The van der Waals surface area contributed by atoms with Crippen LogP contribution in [-0.4, -0.2) is 18.7 Å². The first-order valence-electron chi connectivity index (χ1n) is 4.44. The van der Waals surface area contributed by atoms with E-state index < -0.39 is 0 Å². The van der Waals surface area contributed by atoms with Gasteiger partial charge < -0.3 is 10.5 Å². The standard InChI is InChI=1S/C10H11FN2O/c11-8-3-1-7(2-4-8)5-9-6-14-10(12)13-9/h1-4,9H,5-6H2,(H2,12,13)/t9-/m0/s1. The third kappa shape index (κ3) is 2.02. The molecule has 0 radical (unpaired) electrons. The van der Waals surface area contributed by atoms with Crippen LogP contribution in [0.2, 0.25) is 0 Å². The molecule has 1 atom stereocenters. The van der Waals surface area contributed by atoms with Crippen LogP contribution in [0.5, 0.6) is 0 Å². The van der Waals surface area contributed by atoms with Gasteiger partial charge in [0.05, 0.1) is 6.04 Å². The van der Waals surface area contributed by atoms with Crippen LogP contribution < -0.4 is 5.73 Å². The topological polar surface area (TPSA) is 47.6 Å². The molecule has 0 bridgehead atoms. The Hall–Kier alpha value is -1.58. The number of benzene rings is 1. The van der Waals surface area contributed by atoms with E-state index in [1.54, 1.807) is 12.1 Å². The van der Waals surface area contributed by atoms with Crippen LogP contribution >= 0.6 is 0 Å². The molecular formula is C10H11FN2O. The average Bonchev–Trinajstić information content (AvgIpc) is 2.56. The molecule has 0 aliphatic carbocycles. The summed E-state index contributed by atoms with van der Waals surface area (Å²) < 4.78 is 17.6. The summed E-state index contributed by atoms with van der Waals surface area (Å²) in [7, 11) is 0. The number of aliphatic imine (C=N–C) groups is 1. The third-order valence-corrected chi connectivity index (χ3v) is 2.12. The Morgan fingerprint density at radius 1 is 1.43 bits per heavy atom. The van der Waals surface area contributed by atoms with Crippen molar-refractivity contribution in [3.63, 3.8) is 0 Å². The van der Waals surface area contributed by atoms with Crippen molar-refractivity contribution in [3.8, 4) is 0 Å². The minimum absolute atomic E-state index is 0.0699. The Balaban J connectivity index is 2.01. The summed E-state index contributed by atoms with van der Waals surface area (Å²) >= 11 is 0. The molecule has 4 heteroatoms. The first kappa shape index (κ1) is 8.99. The summed E-state index contributed by atoms with van der Waals surface area (Å²) in [4.78, 5) is 4.08. The lowest BCUT2D eigenvalue weighted by Gasteiger charge is -2.04. The van der Waals surface area contributed by atoms with Crippen molar-refractivity contribution in [2.24, 2.45) is 10.7 Å². The zero-order valence-electron chi connectivity index (χ0n) is 7.61. The SMILES string of the molecule is NC1=N[C@@H](Cc2ccc(F)cc2)CO1. The van der Waals surface area contributed by atoms with Gasteiger partial charge in [0.1, 0.15) is 12.4 Å². The predicted molar refractivity (Wildman–Crippen MR) is 51.5 cm³/mol. The normalized spacial score (nSPS) is 20.4. The van der Waals surface area contributed by atoms with Crippen LogP contribution in [0, 0.1) is 5.82 Å². The fourth-order valence-corrected chi connectivity index (χ4v) is 1.43. The van der Waals surface area contributed by atoms with Crippen molar-refractivity contribution < 1.29 is 9.13 Å². The molecule has 0 saturated carbocycles. The third-order valence-electron chi connectivity index (χ3n) is 2.12. The zero-order chi connectivity index (χ0) is 9.97. The fraction of sp³-hybridized carbons (Fsp3) is 0.300. The molecule has 0 spiro atoms. The number of rotatable bonds is 2. The van der Waals surface area contributed by atoms with Crippen molar-refractivity contribution in [1.29, 1.82) is 0 Å². The van der Waals surface area contributed by atoms with E-state index in [9.17, 15) is 4.39 Å². The maximum Gasteiger partial charge on any atom is 0.282 e. The number of hydrogen-bond donors (Lipinski definition) is 1. The molecule has 14 heavy (non-hydrogen) atoms. The molecular weight excluding hydrogens is 183 g/mol. The van der Waals surface area contributed by atoms with Crippen LogP contribution in [0.4, 0.5) is 4.39 Å². The molecule has 3 nitrogen and oxygen atoms in total. The monoisotopic (exact) mass is 194 g/mol. The summed E-state index contributed by atoms with van der Waals surface area (Å²) in [5.74, 6) is -0.223. The number of nitrogens with zero attached hydrogens (tertiary/aromatic N) is 1. The van der Waals surface area contributed by atoms with Gasteiger partial charge in [-0.1, -0.05) is 12.1 Å². The van der Waals surface area contributed by atoms with Gasteiger partial charge in [0.25, 0.3) is 6.02 Å². The quantitative estimate of drug-likeness (QED) is 0.765. The largest absolute Gasteiger partial charge is 0.463 e. The predicted octanol–water partition coefficient (Wildman–Crippen LogP) is 1.08. The Labute approximate surface area is 81.4 Å². The van der Waals surface area contributed by atoms with Gasteiger partial charge >= 0.3 is 0 Å². The van der Waals surface area contributed by atoms with Gasteiger partial charge in [-0.25, -0.2) is 9.38 Å². The Morgan fingerprint density at radius 3 is 2.71 bits per heavy atom. The Morgan fingerprint density at radius 2 is 2.14 bits per heavy atom. The summed E-state index contributed by atoms with van der Waals surface area (Å²) in [6.07, 6.45) is 0.737. The number of hydrogen-bond acceptors (Lipinski definition) is 3. The van der Waals surface area contributed by atoms with Crippen molar-refractivity contribution in [1.82, 2.24) is 0 Å². The highest BCUT2D eigenvalue weighted by Crippen LogP contribution is 2.11. The lowest BCUT2D eigenvalue weighted by molar-refractivity contribution is 0.312. The molecule has 1 heterocycles. The highest BCUT2D eigenvalue weighted by Gasteiger charge is 2.16. The maximum absolute atomic E-state index is 12.6. The van der Waals surface area contributed by atoms with Gasteiger partial charge in [-0.05, 0) is 24.1 Å². The van der Waals surface area contributed by atoms with Gasteiger partial charge in [0.2, 0.25) is 0 Å². The highest BCUT2D eigenvalue weighted by atomic mass is 19.1. The number of halogens is 1. The van der Waals surface area contributed by atoms with Gasteiger partial charge in [0, 0.05) is 0 Å². The van der Waals surface area contributed by atoms with Crippen LogP contribution in [0.1, 0.15) is 5.56 Å². The van der Waals surface area contributed by atoms with Crippen LogP contribution in [0.3, 0.4) is 0 Å². The number of ether oxygens (including phenoxy) is 1. The van der Waals surface area contributed by atoms with Crippen molar-refractivity contribution in [3.05, 3.63) is 35.6 Å². The van der Waals surface area contributed by atoms with E-state index in [0.29, 0.717) is 6.61 Å². The van der Waals surface area contributed by atoms with E-state index in [1.165, 1.54) is 12.1 Å². The second-order valence-electron chi connectivity index (χ2n) is 3.26. The summed E-state index contributed by atoms with van der Waals surface area (Å²) in [6, 6.07) is 6.70. The molecule has 74 valence electrons. The lowest BCUT2D eigenvalue weighted by Crippen LogP contribution is -2.11. The number of amidine groups is 1. The van der Waals surface area contributed by atoms with Crippen molar-refractivity contribution >= 4 is 6.02 Å². The van der Waals surface area contributed by atoms with Gasteiger partial charge in [-0.2, -0.15) is 0 Å². The fourth-order valence-electron chi connectivity index (χ4n) is 1.43. The molecule has 1 aromatic rings. The van der Waals surface area contributed by atoms with Crippen LogP contribution in [0.25, 0.3) is 0 Å². The van der Waals surface area contributed by atoms with Gasteiger partial charge in [0.15, 0.2) is 0 Å². The van der Waals surface area contributed by atoms with E-state index in [1.807, 2.05) is 0 Å². The molecule has 2 rings (SSSR count). The second-order valence-corrected chi connectivity index (χ2v) is 3.26. The first-order valence-corrected chi connectivity index (χ1v) is 4.44. The van der Waals surface area contributed by atoms with Crippen molar-refractivity contribution in [2.75, 3.05) is 6.61 Å². The average molecular weight is 194 g/mol. The maximum atomic E-state index is 12.6. The number of nitrogens with two attached hydrogens (primary N) is 1. The van der Waals surface area contributed by atoms with Crippen LogP contribution in [-0.2, 0) is 11.2 Å². The molecule has 1 aromatic carbocycles.